The van der Waals surface area contributed by atoms with E-state index in [0.717, 1.165) is 36.3 Å². The van der Waals surface area contributed by atoms with Crippen molar-refractivity contribution in [2.75, 3.05) is 19.7 Å². The summed E-state index contributed by atoms with van der Waals surface area (Å²) in [6.45, 7) is 1.82. The van der Waals surface area contributed by atoms with Crippen LogP contribution in [0.4, 0.5) is 0 Å². The number of hydrogen-bond donors (Lipinski definition) is 0. The predicted octanol–water partition coefficient (Wildman–Crippen LogP) is 3.44. The Bertz CT molecular complexity index is 737. The molecule has 25 heavy (non-hydrogen) atoms. The molecule has 0 radical (unpaired) electrons. The lowest BCUT2D eigenvalue weighted by Gasteiger charge is -2.27. The molecule has 0 N–H and O–H groups in total. The van der Waals surface area contributed by atoms with E-state index in [1.54, 1.807) is 0 Å². The summed E-state index contributed by atoms with van der Waals surface area (Å²) in [5.74, 6) is 2.06. The van der Waals surface area contributed by atoms with Crippen molar-refractivity contribution in [1.82, 2.24) is 14.9 Å². The average molecular weight is 339 g/mol. The average Bonchev–Trinajstić information content (AvgIpc) is 3.17. The third-order valence-electron chi connectivity index (χ3n) is 5.73. The predicted molar refractivity (Wildman–Crippen MR) is 96.3 cm³/mol. The fraction of sp³-hybridized carbons (Fsp3) is 0.550. The quantitative estimate of drug-likeness (QED) is 0.856. The highest BCUT2D eigenvalue weighted by Crippen LogP contribution is 2.35. The van der Waals surface area contributed by atoms with Gasteiger partial charge in [-0.15, -0.1) is 0 Å². The molecule has 132 valence electrons. The fourth-order valence-electron chi connectivity index (χ4n) is 4.32. The van der Waals surface area contributed by atoms with Crippen LogP contribution in [0.25, 0.3) is 10.9 Å². The first-order chi connectivity index (χ1) is 12.3. The molecule has 2 aromatic rings. The first-order valence-electron chi connectivity index (χ1n) is 9.41. The smallest absolute Gasteiger partial charge is 0.260 e. The lowest BCUT2D eigenvalue weighted by Crippen LogP contribution is -2.34. The number of carbonyl (C=O) groups excluding carboxylic acids is 1. The van der Waals surface area contributed by atoms with E-state index in [9.17, 15) is 4.79 Å². The summed E-state index contributed by atoms with van der Waals surface area (Å²) in [5.41, 5.74) is 0.832. The Morgan fingerprint density at radius 2 is 1.92 bits per heavy atom. The molecule has 2 heterocycles. The summed E-state index contributed by atoms with van der Waals surface area (Å²) >= 11 is 0. The molecular weight excluding hydrogens is 314 g/mol. The Kier molecular flexibility index (Phi) is 4.81. The number of aromatic nitrogens is 2. The van der Waals surface area contributed by atoms with Gasteiger partial charge in [0.2, 0.25) is 5.88 Å². The molecule has 0 bridgehead atoms. The van der Waals surface area contributed by atoms with Gasteiger partial charge in [0.05, 0.1) is 10.9 Å². The number of likely N-dealkylation sites (tertiary alicyclic amines) is 1. The van der Waals surface area contributed by atoms with Gasteiger partial charge in [-0.3, -0.25) is 4.79 Å². The number of ether oxygens (including phenoxy) is 1. The lowest BCUT2D eigenvalue weighted by atomic mass is 9.80. The van der Waals surface area contributed by atoms with Crippen LogP contribution in [0.15, 0.2) is 30.6 Å². The fourth-order valence-corrected chi connectivity index (χ4v) is 4.32. The molecule has 5 heteroatoms. The number of para-hydroxylation sites is 1. The highest BCUT2D eigenvalue weighted by Gasteiger charge is 2.32. The van der Waals surface area contributed by atoms with E-state index in [1.165, 1.54) is 38.4 Å². The van der Waals surface area contributed by atoms with Crippen molar-refractivity contribution in [2.24, 2.45) is 11.8 Å². The second-order valence-corrected chi connectivity index (χ2v) is 7.27. The molecule has 1 saturated heterocycles. The van der Waals surface area contributed by atoms with E-state index in [-0.39, 0.29) is 12.5 Å². The van der Waals surface area contributed by atoms with Crippen molar-refractivity contribution in [3.8, 4) is 5.88 Å². The van der Waals surface area contributed by atoms with Gasteiger partial charge in [0, 0.05) is 13.1 Å². The Hall–Kier alpha value is -2.17. The summed E-state index contributed by atoms with van der Waals surface area (Å²) in [6.07, 6.45) is 9.42. The second-order valence-electron chi connectivity index (χ2n) is 7.27. The topological polar surface area (TPSA) is 55.3 Å². The van der Waals surface area contributed by atoms with Gasteiger partial charge in [-0.2, -0.15) is 0 Å². The van der Waals surface area contributed by atoms with Crippen LogP contribution in [0.5, 0.6) is 5.88 Å². The third kappa shape index (κ3) is 3.60. The molecule has 4 rings (SSSR count). The van der Waals surface area contributed by atoms with Gasteiger partial charge in [0.1, 0.15) is 6.33 Å². The van der Waals surface area contributed by atoms with E-state index < -0.39 is 0 Å². The van der Waals surface area contributed by atoms with Crippen LogP contribution in [0.3, 0.4) is 0 Å². The molecule has 2 aliphatic rings. The molecule has 5 nitrogen and oxygen atoms in total. The van der Waals surface area contributed by atoms with Crippen molar-refractivity contribution < 1.29 is 9.53 Å². The Balaban J connectivity index is 1.34. The molecule has 1 aromatic carbocycles. The minimum atomic E-state index is 0.0540. The van der Waals surface area contributed by atoms with Crippen LogP contribution in [0.2, 0.25) is 0 Å². The SMILES string of the molecule is O=C(COc1ncnc2ccccc12)N1CC[C@@H](C2CCCCC2)C1. The standard InChI is InChI=1S/C20H25N3O2/c24-19(23-11-10-16(12-23)15-6-2-1-3-7-15)13-25-20-17-8-4-5-9-18(17)21-14-22-20/h4-5,8-9,14-16H,1-3,6-7,10-13H2/t16-/m1/s1. The van der Waals surface area contributed by atoms with Crippen molar-refractivity contribution in [1.29, 1.82) is 0 Å². The van der Waals surface area contributed by atoms with Crippen LogP contribution < -0.4 is 4.74 Å². The number of carbonyl (C=O) groups is 1. The minimum Gasteiger partial charge on any atom is -0.467 e. The highest BCUT2D eigenvalue weighted by atomic mass is 16.5. The summed E-state index contributed by atoms with van der Waals surface area (Å²) in [4.78, 5) is 22.9. The number of hydrogen-bond acceptors (Lipinski definition) is 4. The summed E-state index contributed by atoms with van der Waals surface area (Å²) in [6, 6.07) is 7.69. The number of benzene rings is 1. The third-order valence-corrected chi connectivity index (χ3v) is 5.73. The van der Waals surface area contributed by atoms with Crippen molar-refractivity contribution >= 4 is 16.8 Å². The van der Waals surface area contributed by atoms with Crippen LogP contribution >= 0.6 is 0 Å². The molecule has 2 fully saturated rings. The first-order valence-corrected chi connectivity index (χ1v) is 9.41. The normalized spacial score (nSPS) is 21.6. The van der Waals surface area contributed by atoms with E-state index in [0.29, 0.717) is 11.8 Å². The van der Waals surface area contributed by atoms with E-state index >= 15 is 0 Å². The van der Waals surface area contributed by atoms with Gasteiger partial charge in [-0.25, -0.2) is 9.97 Å². The maximum absolute atomic E-state index is 12.5. The zero-order valence-electron chi connectivity index (χ0n) is 14.6. The van der Waals surface area contributed by atoms with Crippen molar-refractivity contribution in [2.45, 2.75) is 38.5 Å². The van der Waals surface area contributed by atoms with E-state index in [4.69, 9.17) is 4.74 Å². The largest absolute Gasteiger partial charge is 0.467 e. The maximum atomic E-state index is 12.5. The summed E-state index contributed by atoms with van der Waals surface area (Å²) < 4.78 is 5.73. The molecular formula is C20H25N3O2. The van der Waals surface area contributed by atoms with Gasteiger partial charge >= 0.3 is 0 Å². The van der Waals surface area contributed by atoms with Gasteiger partial charge in [-0.05, 0) is 30.4 Å². The van der Waals surface area contributed by atoms with Crippen molar-refractivity contribution in [3.05, 3.63) is 30.6 Å². The van der Waals surface area contributed by atoms with Crippen LogP contribution in [-0.4, -0.2) is 40.5 Å². The summed E-state index contributed by atoms with van der Waals surface area (Å²) in [7, 11) is 0. The molecule has 0 unspecified atom stereocenters. The molecule has 0 spiro atoms. The molecule has 1 saturated carbocycles. The zero-order chi connectivity index (χ0) is 17.1. The second kappa shape index (κ2) is 7.38. The number of fused-ring (bicyclic) bond motifs is 1. The summed E-state index contributed by atoms with van der Waals surface area (Å²) in [5, 5.41) is 0.847. The monoisotopic (exact) mass is 339 g/mol. The minimum absolute atomic E-state index is 0.0540. The number of nitrogens with zero attached hydrogens (tertiary/aromatic N) is 3. The van der Waals surface area contributed by atoms with Gasteiger partial charge in [-0.1, -0.05) is 44.2 Å². The maximum Gasteiger partial charge on any atom is 0.260 e. The number of amides is 1. The van der Waals surface area contributed by atoms with Crippen LogP contribution in [0.1, 0.15) is 38.5 Å². The Morgan fingerprint density at radius 1 is 1.08 bits per heavy atom. The Labute approximate surface area is 148 Å². The lowest BCUT2D eigenvalue weighted by molar-refractivity contribution is -0.132. The Morgan fingerprint density at radius 3 is 2.80 bits per heavy atom. The van der Waals surface area contributed by atoms with Gasteiger partial charge in [0.15, 0.2) is 6.61 Å². The van der Waals surface area contributed by atoms with Gasteiger partial charge in [0.25, 0.3) is 5.91 Å². The zero-order valence-corrected chi connectivity index (χ0v) is 14.6. The first kappa shape index (κ1) is 16.3. The van der Waals surface area contributed by atoms with E-state index in [2.05, 4.69) is 9.97 Å². The van der Waals surface area contributed by atoms with Crippen molar-refractivity contribution in [3.63, 3.8) is 0 Å². The van der Waals surface area contributed by atoms with Gasteiger partial charge < -0.3 is 9.64 Å². The van der Waals surface area contributed by atoms with E-state index in [1.807, 2.05) is 29.2 Å². The van der Waals surface area contributed by atoms with Crippen LogP contribution in [-0.2, 0) is 4.79 Å². The molecule has 1 aliphatic heterocycles. The molecule has 1 aliphatic carbocycles. The molecule has 1 amide bonds. The number of rotatable bonds is 4. The van der Waals surface area contributed by atoms with Crippen LogP contribution in [0, 0.1) is 11.8 Å². The molecule has 1 atom stereocenters. The highest BCUT2D eigenvalue weighted by molar-refractivity contribution is 5.84. The molecule has 1 aromatic heterocycles.